The summed E-state index contributed by atoms with van der Waals surface area (Å²) in [6.45, 7) is 2.60. The number of Topliss-reactive ketones (excluding diaryl/α,β-unsaturated/α-hetero) is 1. The zero-order chi connectivity index (χ0) is 21.8. The zero-order valence-electron chi connectivity index (χ0n) is 17.5. The molecule has 162 valence electrons. The van der Waals surface area contributed by atoms with Gasteiger partial charge in [0.1, 0.15) is 17.1 Å². The van der Waals surface area contributed by atoms with Crippen LogP contribution in [-0.4, -0.2) is 47.6 Å². The average molecular weight is 422 g/mol. The van der Waals surface area contributed by atoms with Gasteiger partial charge in [-0.15, -0.1) is 0 Å². The monoisotopic (exact) mass is 422 g/mol. The Bertz CT molecular complexity index is 992. The molecule has 1 fully saturated rings. The predicted molar refractivity (Wildman–Crippen MR) is 115 cm³/mol. The number of carbonyl (C=O) groups is 2. The van der Waals surface area contributed by atoms with Crippen molar-refractivity contribution in [3.8, 4) is 11.5 Å². The van der Waals surface area contributed by atoms with Crippen molar-refractivity contribution in [2.75, 3.05) is 20.2 Å². The molecule has 2 aromatic carbocycles. The molecule has 0 radical (unpaired) electrons. The van der Waals surface area contributed by atoms with Crippen LogP contribution in [0.1, 0.15) is 40.7 Å². The van der Waals surface area contributed by atoms with Crippen molar-refractivity contribution in [1.82, 2.24) is 10.4 Å². The van der Waals surface area contributed by atoms with Crippen LogP contribution in [0, 0.1) is 0 Å². The van der Waals surface area contributed by atoms with Crippen LogP contribution in [0.5, 0.6) is 11.5 Å². The summed E-state index contributed by atoms with van der Waals surface area (Å²) in [4.78, 5) is 26.4. The number of methoxy groups -OCH3 is 1. The topological polar surface area (TPSA) is 88.1 Å². The van der Waals surface area contributed by atoms with Crippen molar-refractivity contribution in [2.24, 2.45) is 0 Å². The van der Waals surface area contributed by atoms with Crippen LogP contribution in [0.15, 0.2) is 48.5 Å². The summed E-state index contributed by atoms with van der Waals surface area (Å²) in [7, 11) is 1.66. The summed E-state index contributed by atoms with van der Waals surface area (Å²) in [5.41, 5.74) is 3.57. The van der Waals surface area contributed by atoms with Crippen molar-refractivity contribution >= 4 is 17.8 Å². The first kappa shape index (κ1) is 21.1. The number of hydroxylamine groups is 1. The predicted octanol–water partition coefficient (Wildman–Crippen LogP) is 3.21. The highest BCUT2D eigenvalue weighted by Gasteiger charge is 2.42. The highest BCUT2D eigenvalue weighted by molar-refractivity contribution is 6.01. The Labute approximate surface area is 181 Å². The molecule has 0 aliphatic carbocycles. The number of carbonyl (C=O) groups excluding carboxylic acids is 2. The maximum atomic E-state index is 12.9. The Morgan fingerprint density at radius 2 is 1.97 bits per heavy atom. The molecule has 1 amide bonds. The van der Waals surface area contributed by atoms with Crippen molar-refractivity contribution in [3.63, 3.8) is 0 Å². The normalized spacial score (nSPS) is 17.9. The number of ether oxygens (including phenoxy) is 2. The summed E-state index contributed by atoms with van der Waals surface area (Å²) >= 11 is 0. The molecule has 4 rings (SSSR count). The highest BCUT2D eigenvalue weighted by Crippen LogP contribution is 2.40. The zero-order valence-corrected chi connectivity index (χ0v) is 17.5. The minimum atomic E-state index is -0.624. The molecule has 0 unspecified atom stereocenters. The van der Waals surface area contributed by atoms with Gasteiger partial charge >= 0.3 is 0 Å². The number of nitrogens with zero attached hydrogens (tertiary/aromatic N) is 1. The molecule has 31 heavy (non-hydrogen) atoms. The van der Waals surface area contributed by atoms with E-state index >= 15 is 0 Å². The minimum Gasteiger partial charge on any atom is -0.497 e. The number of hydrogen-bond acceptors (Lipinski definition) is 6. The molecule has 2 aliphatic heterocycles. The van der Waals surface area contributed by atoms with Crippen LogP contribution < -0.4 is 15.0 Å². The van der Waals surface area contributed by atoms with Crippen LogP contribution in [0.4, 0.5) is 0 Å². The number of piperidine rings is 1. The van der Waals surface area contributed by atoms with Crippen LogP contribution >= 0.6 is 0 Å². The number of rotatable bonds is 5. The van der Waals surface area contributed by atoms with Gasteiger partial charge in [-0.3, -0.25) is 19.7 Å². The Kier molecular flexibility index (Phi) is 6.06. The van der Waals surface area contributed by atoms with Gasteiger partial charge in [-0.1, -0.05) is 18.2 Å². The SMILES string of the molecule is COc1ccc(CN2CCC3(CC2)CC(=O)c2cc(/C=C/C(=O)NO)ccc2O3)cc1. The minimum absolute atomic E-state index is 0.0618. The molecule has 0 bridgehead atoms. The molecule has 7 nitrogen and oxygen atoms in total. The second-order valence-corrected chi connectivity index (χ2v) is 8.07. The van der Waals surface area contributed by atoms with E-state index in [4.69, 9.17) is 14.7 Å². The lowest BCUT2D eigenvalue weighted by Gasteiger charge is -2.44. The van der Waals surface area contributed by atoms with E-state index in [1.54, 1.807) is 36.9 Å². The molecule has 2 aromatic rings. The number of fused-ring (bicyclic) bond motifs is 1. The lowest BCUT2D eigenvalue weighted by atomic mass is 9.82. The van der Waals surface area contributed by atoms with E-state index in [1.807, 2.05) is 12.1 Å². The quantitative estimate of drug-likeness (QED) is 0.437. The second kappa shape index (κ2) is 8.91. The third-order valence-electron chi connectivity index (χ3n) is 5.98. The van der Waals surface area contributed by atoms with Crippen LogP contribution in [-0.2, 0) is 11.3 Å². The molecule has 0 saturated carbocycles. The van der Waals surface area contributed by atoms with Crippen molar-refractivity contribution in [2.45, 2.75) is 31.4 Å². The lowest BCUT2D eigenvalue weighted by molar-refractivity contribution is -0.124. The van der Waals surface area contributed by atoms with Gasteiger partial charge in [-0.25, -0.2) is 5.48 Å². The first-order valence-corrected chi connectivity index (χ1v) is 10.3. The lowest BCUT2D eigenvalue weighted by Crippen LogP contribution is -2.50. The van der Waals surface area contributed by atoms with E-state index in [-0.39, 0.29) is 5.78 Å². The van der Waals surface area contributed by atoms with Crippen molar-refractivity contribution in [3.05, 3.63) is 65.2 Å². The molecule has 2 heterocycles. The van der Waals surface area contributed by atoms with Crippen LogP contribution in [0.3, 0.4) is 0 Å². The van der Waals surface area contributed by atoms with Gasteiger partial charge in [-0.05, 0) is 41.5 Å². The fourth-order valence-corrected chi connectivity index (χ4v) is 4.21. The van der Waals surface area contributed by atoms with Gasteiger partial charge in [0.15, 0.2) is 5.78 Å². The fraction of sp³-hybridized carbons (Fsp3) is 0.333. The number of amides is 1. The number of likely N-dealkylation sites (tertiary alicyclic amines) is 1. The molecule has 0 aromatic heterocycles. The smallest absolute Gasteiger partial charge is 0.267 e. The van der Waals surface area contributed by atoms with Gasteiger partial charge in [0, 0.05) is 38.6 Å². The molecule has 2 aliphatic rings. The number of benzene rings is 2. The Morgan fingerprint density at radius 1 is 1.23 bits per heavy atom. The van der Waals surface area contributed by atoms with Gasteiger partial charge < -0.3 is 9.47 Å². The van der Waals surface area contributed by atoms with E-state index in [0.717, 1.165) is 38.2 Å². The van der Waals surface area contributed by atoms with Gasteiger partial charge in [-0.2, -0.15) is 0 Å². The van der Waals surface area contributed by atoms with Crippen LogP contribution in [0.25, 0.3) is 6.08 Å². The maximum absolute atomic E-state index is 12.9. The number of nitrogens with one attached hydrogen (secondary N) is 1. The number of ketones is 1. The van der Waals surface area contributed by atoms with Crippen molar-refractivity contribution in [1.29, 1.82) is 0 Å². The fourth-order valence-electron chi connectivity index (χ4n) is 4.21. The molecular weight excluding hydrogens is 396 g/mol. The average Bonchev–Trinajstić information content (AvgIpc) is 2.80. The van der Waals surface area contributed by atoms with Gasteiger partial charge in [0.25, 0.3) is 5.91 Å². The summed E-state index contributed by atoms with van der Waals surface area (Å²) in [5.74, 6) is 0.889. The van der Waals surface area contributed by atoms with Gasteiger partial charge in [0.2, 0.25) is 0 Å². The Morgan fingerprint density at radius 3 is 2.65 bits per heavy atom. The molecular formula is C24H26N2O5. The van der Waals surface area contributed by atoms with Gasteiger partial charge in [0.05, 0.1) is 19.1 Å². The number of hydrogen-bond donors (Lipinski definition) is 2. The van der Waals surface area contributed by atoms with Crippen LogP contribution in [0.2, 0.25) is 0 Å². The summed E-state index contributed by atoms with van der Waals surface area (Å²) < 4.78 is 11.6. The van der Waals surface area contributed by atoms with E-state index in [1.165, 1.54) is 11.6 Å². The largest absolute Gasteiger partial charge is 0.497 e. The first-order valence-electron chi connectivity index (χ1n) is 10.3. The summed E-state index contributed by atoms with van der Waals surface area (Å²) in [6, 6.07) is 13.4. The molecule has 0 atom stereocenters. The second-order valence-electron chi connectivity index (χ2n) is 8.07. The third-order valence-corrected chi connectivity index (χ3v) is 5.98. The molecule has 1 saturated heterocycles. The Balaban J connectivity index is 1.40. The highest BCUT2D eigenvalue weighted by atomic mass is 16.5. The Hall–Kier alpha value is -3.16. The van der Waals surface area contributed by atoms with E-state index in [0.29, 0.717) is 23.3 Å². The van der Waals surface area contributed by atoms with E-state index in [2.05, 4.69) is 17.0 Å². The summed E-state index contributed by atoms with van der Waals surface area (Å²) in [6.07, 6.45) is 4.71. The standard InChI is InChI=1S/C24H26N2O5/c1-30-19-6-2-18(3-7-19)16-26-12-10-24(11-13-26)15-21(27)20-14-17(4-8-22(20)31-24)5-9-23(28)25-29/h2-9,14,29H,10-13,15-16H2,1H3,(H,25,28)/b9-5+. The van der Waals surface area contributed by atoms with Crippen molar-refractivity contribution < 1.29 is 24.3 Å². The molecule has 7 heteroatoms. The first-order chi connectivity index (χ1) is 15.0. The van der Waals surface area contributed by atoms with E-state index in [9.17, 15) is 9.59 Å². The summed E-state index contributed by atoms with van der Waals surface area (Å²) in [5, 5.41) is 8.58. The molecule has 1 spiro atoms. The third kappa shape index (κ3) is 4.78. The van der Waals surface area contributed by atoms with E-state index < -0.39 is 11.5 Å². The molecule has 2 N–H and O–H groups in total. The maximum Gasteiger partial charge on any atom is 0.267 e.